The number of anilines is 1. The SMILES string of the molecule is O=C(CCNc1cnn(-c2ccc([N+](=O)[O-])cc2)c(=O)c1Cl)NC1CCCCC1. The first-order valence-corrected chi connectivity index (χ1v) is 9.89. The summed E-state index contributed by atoms with van der Waals surface area (Å²) in [6.07, 6.45) is 7.23. The maximum Gasteiger partial charge on any atom is 0.292 e. The van der Waals surface area contributed by atoms with Gasteiger partial charge in [0.15, 0.2) is 0 Å². The molecular weight excluding hydrogens is 398 g/mol. The molecule has 1 aliphatic carbocycles. The Morgan fingerprint density at radius 2 is 1.93 bits per heavy atom. The van der Waals surface area contributed by atoms with E-state index in [4.69, 9.17) is 11.6 Å². The molecule has 10 heteroatoms. The highest BCUT2D eigenvalue weighted by molar-refractivity contribution is 6.32. The fraction of sp³-hybridized carbons (Fsp3) is 0.421. The first-order valence-electron chi connectivity index (χ1n) is 9.51. The van der Waals surface area contributed by atoms with Crippen LogP contribution in [0.2, 0.25) is 5.02 Å². The van der Waals surface area contributed by atoms with Crippen LogP contribution in [-0.4, -0.2) is 33.2 Å². The standard InChI is InChI=1S/C19H22ClN5O4/c20-18-16(21-11-10-17(26)23-13-4-2-1-3-5-13)12-22-24(19(18)27)14-6-8-15(9-7-14)25(28)29/h6-9,12-13,21H,1-5,10-11H2,(H,23,26). The third-order valence-electron chi connectivity index (χ3n) is 4.86. The van der Waals surface area contributed by atoms with Gasteiger partial charge in [0.25, 0.3) is 11.2 Å². The first kappa shape index (κ1) is 20.8. The zero-order valence-corrected chi connectivity index (χ0v) is 16.5. The molecule has 1 aromatic carbocycles. The minimum atomic E-state index is -0.558. The Kier molecular flexibility index (Phi) is 6.82. The Bertz CT molecular complexity index is 939. The second kappa shape index (κ2) is 9.51. The van der Waals surface area contributed by atoms with Gasteiger partial charge < -0.3 is 10.6 Å². The van der Waals surface area contributed by atoms with E-state index < -0.39 is 10.5 Å². The molecule has 0 atom stereocenters. The second-order valence-electron chi connectivity index (χ2n) is 6.94. The highest BCUT2D eigenvalue weighted by atomic mass is 35.5. The van der Waals surface area contributed by atoms with Gasteiger partial charge in [0.05, 0.1) is 22.5 Å². The number of halogens is 1. The molecule has 1 fully saturated rings. The normalized spacial score (nSPS) is 14.4. The maximum absolute atomic E-state index is 12.5. The lowest BCUT2D eigenvalue weighted by Crippen LogP contribution is -2.36. The van der Waals surface area contributed by atoms with Gasteiger partial charge in [0, 0.05) is 31.1 Å². The Morgan fingerprint density at radius 3 is 2.59 bits per heavy atom. The maximum atomic E-state index is 12.5. The molecule has 1 heterocycles. The molecule has 1 amide bonds. The van der Waals surface area contributed by atoms with Crippen molar-refractivity contribution in [2.45, 2.75) is 44.6 Å². The monoisotopic (exact) mass is 419 g/mol. The van der Waals surface area contributed by atoms with Crippen molar-refractivity contribution in [2.24, 2.45) is 0 Å². The minimum Gasteiger partial charge on any atom is -0.382 e. The van der Waals surface area contributed by atoms with Gasteiger partial charge in [-0.1, -0.05) is 30.9 Å². The van der Waals surface area contributed by atoms with Gasteiger partial charge in [0.2, 0.25) is 5.91 Å². The summed E-state index contributed by atoms with van der Waals surface area (Å²) in [7, 11) is 0. The summed E-state index contributed by atoms with van der Waals surface area (Å²) in [6, 6.07) is 5.67. The van der Waals surface area contributed by atoms with Gasteiger partial charge >= 0.3 is 0 Å². The minimum absolute atomic E-state index is 0.0345. The molecule has 2 N–H and O–H groups in total. The molecular formula is C19H22ClN5O4. The zero-order chi connectivity index (χ0) is 20.8. The van der Waals surface area contributed by atoms with E-state index in [2.05, 4.69) is 15.7 Å². The number of rotatable bonds is 7. The molecule has 9 nitrogen and oxygen atoms in total. The van der Waals surface area contributed by atoms with Crippen LogP contribution in [-0.2, 0) is 4.79 Å². The Balaban J connectivity index is 1.59. The van der Waals surface area contributed by atoms with Crippen LogP contribution >= 0.6 is 11.6 Å². The van der Waals surface area contributed by atoms with Gasteiger partial charge in [-0.05, 0) is 25.0 Å². The summed E-state index contributed by atoms with van der Waals surface area (Å²) >= 11 is 6.16. The molecule has 0 saturated heterocycles. The van der Waals surface area contributed by atoms with Crippen LogP contribution in [0.5, 0.6) is 0 Å². The number of hydrogen-bond donors (Lipinski definition) is 2. The summed E-state index contributed by atoms with van der Waals surface area (Å²) in [4.78, 5) is 34.8. The highest BCUT2D eigenvalue weighted by Crippen LogP contribution is 2.19. The van der Waals surface area contributed by atoms with Crippen molar-refractivity contribution in [3.63, 3.8) is 0 Å². The molecule has 3 rings (SSSR count). The molecule has 2 aromatic rings. The molecule has 154 valence electrons. The van der Waals surface area contributed by atoms with E-state index in [-0.39, 0.29) is 29.1 Å². The molecule has 29 heavy (non-hydrogen) atoms. The van der Waals surface area contributed by atoms with E-state index >= 15 is 0 Å². The topological polar surface area (TPSA) is 119 Å². The molecule has 0 bridgehead atoms. The van der Waals surface area contributed by atoms with Crippen molar-refractivity contribution in [3.05, 3.63) is 56.0 Å². The van der Waals surface area contributed by atoms with Crippen molar-refractivity contribution < 1.29 is 9.72 Å². The average molecular weight is 420 g/mol. The van der Waals surface area contributed by atoms with Crippen LogP contribution in [0.25, 0.3) is 5.69 Å². The largest absolute Gasteiger partial charge is 0.382 e. The Morgan fingerprint density at radius 1 is 1.24 bits per heavy atom. The predicted octanol–water partition coefficient (Wildman–Crippen LogP) is 3.05. The van der Waals surface area contributed by atoms with E-state index in [0.717, 1.165) is 30.4 Å². The molecule has 0 radical (unpaired) electrons. The summed E-state index contributed by atoms with van der Waals surface area (Å²) < 4.78 is 1.06. The van der Waals surface area contributed by atoms with Gasteiger partial charge in [0.1, 0.15) is 5.02 Å². The zero-order valence-electron chi connectivity index (χ0n) is 15.8. The molecule has 0 spiro atoms. The van der Waals surface area contributed by atoms with Crippen molar-refractivity contribution in [3.8, 4) is 5.69 Å². The Labute approximate surface area is 172 Å². The fourth-order valence-electron chi connectivity index (χ4n) is 3.31. The van der Waals surface area contributed by atoms with Crippen LogP contribution in [0, 0.1) is 10.1 Å². The number of carbonyl (C=O) groups is 1. The van der Waals surface area contributed by atoms with Crippen LogP contribution in [0.4, 0.5) is 11.4 Å². The first-order chi connectivity index (χ1) is 14.0. The van der Waals surface area contributed by atoms with Gasteiger partial charge in [-0.3, -0.25) is 19.7 Å². The predicted molar refractivity (Wildman–Crippen MR) is 110 cm³/mol. The summed E-state index contributed by atoms with van der Waals surface area (Å²) in [5, 5.41) is 20.7. The molecule has 1 aliphatic rings. The van der Waals surface area contributed by atoms with Crippen molar-refractivity contribution in [2.75, 3.05) is 11.9 Å². The number of nitrogens with one attached hydrogen (secondary N) is 2. The number of benzene rings is 1. The molecule has 1 saturated carbocycles. The number of carbonyl (C=O) groups excluding carboxylic acids is 1. The van der Waals surface area contributed by atoms with Gasteiger partial charge in [-0.25, -0.2) is 0 Å². The van der Waals surface area contributed by atoms with Crippen molar-refractivity contribution in [1.29, 1.82) is 0 Å². The third-order valence-corrected chi connectivity index (χ3v) is 5.23. The average Bonchev–Trinajstić information content (AvgIpc) is 2.72. The molecule has 0 unspecified atom stereocenters. The quantitative estimate of drug-likeness (QED) is 0.525. The summed E-state index contributed by atoms with van der Waals surface area (Å²) in [6.45, 7) is 0.320. The number of nitrogens with zero attached hydrogens (tertiary/aromatic N) is 3. The van der Waals surface area contributed by atoms with Crippen LogP contribution in [0.15, 0.2) is 35.3 Å². The van der Waals surface area contributed by atoms with E-state index in [1.807, 2.05) is 0 Å². The second-order valence-corrected chi connectivity index (χ2v) is 7.32. The lowest BCUT2D eigenvalue weighted by molar-refractivity contribution is -0.384. The lowest BCUT2D eigenvalue weighted by Gasteiger charge is -2.22. The van der Waals surface area contributed by atoms with Gasteiger partial charge in [-0.2, -0.15) is 9.78 Å². The summed E-state index contributed by atoms with van der Waals surface area (Å²) in [5.41, 5.74) is 0.0519. The molecule has 0 aliphatic heterocycles. The van der Waals surface area contributed by atoms with E-state index in [1.165, 1.54) is 36.9 Å². The third kappa shape index (κ3) is 5.32. The van der Waals surface area contributed by atoms with E-state index in [1.54, 1.807) is 0 Å². The van der Waals surface area contributed by atoms with Crippen LogP contribution in [0.1, 0.15) is 38.5 Å². The number of amides is 1. The fourth-order valence-corrected chi connectivity index (χ4v) is 3.51. The number of non-ortho nitro benzene ring substituents is 1. The number of nitro benzene ring substituents is 1. The van der Waals surface area contributed by atoms with E-state index in [0.29, 0.717) is 17.9 Å². The number of aromatic nitrogens is 2. The number of hydrogen-bond acceptors (Lipinski definition) is 6. The summed E-state index contributed by atoms with van der Waals surface area (Å²) in [5.74, 6) is -0.0345. The van der Waals surface area contributed by atoms with Crippen LogP contribution < -0.4 is 16.2 Å². The lowest BCUT2D eigenvalue weighted by atomic mass is 9.95. The van der Waals surface area contributed by atoms with E-state index in [9.17, 15) is 19.7 Å². The highest BCUT2D eigenvalue weighted by Gasteiger charge is 2.16. The smallest absolute Gasteiger partial charge is 0.292 e. The Hall–Kier alpha value is -2.94. The van der Waals surface area contributed by atoms with Crippen molar-refractivity contribution >= 4 is 28.9 Å². The number of nitro groups is 1. The van der Waals surface area contributed by atoms with Gasteiger partial charge in [-0.15, -0.1) is 0 Å². The van der Waals surface area contributed by atoms with Crippen molar-refractivity contribution in [1.82, 2.24) is 15.1 Å². The molecule has 1 aromatic heterocycles. The van der Waals surface area contributed by atoms with Crippen LogP contribution in [0.3, 0.4) is 0 Å².